The standard InChI is InChI=1S/C15H17NO6S/c1-15(2)6-8-9(7-22-15)23-13(12(8)14(20)21-3)16-10(17)4-5-11(18)19/h4-5H,6-7H2,1-3H3,(H,16,17)(H,18,19)/b5-4+. The zero-order valence-electron chi connectivity index (χ0n) is 13.0. The van der Waals surface area contributed by atoms with Crippen molar-refractivity contribution in [1.29, 1.82) is 0 Å². The number of nitrogens with one attached hydrogen (secondary N) is 1. The fraction of sp³-hybridized carbons (Fsp3) is 0.400. The Morgan fingerprint density at radius 2 is 2.04 bits per heavy atom. The van der Waals surface area contributed by atoms with Crippen molar-refractivity contribution in [2.24, 2.45) is 0 Å². The summed E-state index contributed by atoms with van der Waals surface area (Å²) in [5.74, 6) is -2.40. The number of carbonyl (C=O) groups excluding carboxylic acids is 2. The maximum atomic E-state index is 12.1. The number of carboxylic acids is 1. The third-order valence-electron chi connectivity index (χ3n) is 3.29. The van der Waals surface area contributed by atoms with E-state index in [0.29, 0.717) is 23.6 Å². The lowest BCUT2D eigenvalue weighted by molar-refractivity contribution is -0.131. The average molecular weight is 339 g/mol. The zero-order valence-corrected chi connectivity index (χ0v) is 13.8. The predicted molar refractivity (Wildman–Crippen MR) is 83.6 cm³/mol. The highest BCUT2D eigenvalue weighted by Crippen LogP contribution is 2.40. The molecule has 0 aromatic carbocycles. The first kappa shape index (κ1) is 17.2. The van der Waals surface area contributed by atoms with Crippen LogP contribution in [-0.2, 0) is 32.1 Å². The summed E-state index contributed by atoms with van der Waals surface area (Å²) in [5.41, 5.74) is 0.693. The smallest absolute Gasteiger partial charge is 0.341 e. The number of rotatable bonds is 4. The van der Waals surface area contributed by atoms with Crippen LogP contribution >= 0.6 is 11.3 Å². The van der Waals surface area contributed by atoms with Crippen molar-refractivity contribution in [3.05, 3.63) is 28.2 Å². The summed E-state index contributed by atoms with van der Waals surface area (Å²) in [6.45, 7) is 4.18. The molecule has 23 heavy (non-hydrogen) atoms. The van der Waals surface area contributed by atoms with Crippen LogP contribution < -0.4 is 5.32 Å². The van der Waals surface area contributed by atoms with Gasteiger partial charge in [-0.25, -0.2) is 9.59 Å². The lowest BCUT2D eigenvalue weighted by atomic mass is 9.93. The first-order valence-electron chi connectivity index (χ1n) is 6.82. The van der Waals surface area contributed by atoms with E-state index in [4.69, 9.17) is 14.6 Å². The molecule has 0 radical (unpaired) electrons. The Labute approximate surface area is 136 Å². The average Bonchev–Trinajstić information content (AvgIpc) is 2.80. The van der Waals surface area contributed by atoms with E-state index in [1.165, 1.54) is 18.4 Å². The highest BCUT2D eigenvalue weighted by molar-refractivity contribution is 7.17. The molecule has 0 bridgehead atoms. The van der Waals surface area contributed by atoms with Crippen LogP contribution in [0.5, 0.6) is 0 Å². The summed E-state index contributed by atoms with van der Waals surface area (Å²) in [5, 5.41) is 11.4. The molecule has 1 aliphatic heterocycles. The van der Waals surface area contributed by atoms with Gasteiger partial charge in [-0.1, -0.05) is 0 Å². The summed E-state index contributed by atoms with van der Waals surface area (Å²) >= 11 is 1.23. The van der Waals surface area contributed by atoms with Gasteiger partial charge >= 0.3 is 11.9 Å². The maximum absolute atomic E-state index is 12.1. The van der Waals surface area contributed by atoms with Crippen molar-refractivity contribution >= 4 is 34.2 Å². The van der Waals surface area contributed by atoms with Crippen LogP contribution in [0.2, 0.25) is 0 Å². The van der Waals surface area contributed by atoms with Crippen LogP contribution in [0, 0.1) is 0 Å². The van der Waals surface area contributed by atoms with E-state index in [9.17, 15) is 14.4 Å². The van der Waals surface area contributed by atoms with E-state index in [0.717, 1.165) is 22.6 Å². The number of methoxy groups -OCH3 is 1. The van der Waals surface area contributed by atoms with Crippen LogP contribution in [0.1, 0.15) is 34.6 Å². The molecule has 1 amide bonds. The van der Waals surface area contributed by atoms with Crippen LogP contribution in [0.3, 0.4) is 0 Å². The number of esters is 1. The molecule has 2 rings (SSSR count). The second-order valence-electron chi connectivity index (χ2n) is 5.59. The molecule has 0 spiro atoms. The molecule has 2 N–H and O–H groups in total. The van der Waals surface area contributed by atoms with Gasteiger partial charge in [-0.3, -0.25) is 4.79 Å². The monoisotopic (exact) mass is 339 g/mol. The number of aliphatic carboxylic acids is 1. The molecule has 2 heterocycles. The van der Waals surface area contributed by atoms with Crippen molar-refractivity contribution in [2.75, 3.05) is 12.4 Å². The molecule has 1 aliphatic rings. The molecular formula is C15H17NO6S. The van der Waals surface area contributed by atoms with Gasteiger partial charge in [0.15, 0.2) is 0 Å². The van der Waals surface area contributed by atoms with Crippen molar-refractivity contribution in [2.45, 2.75) is 32.5 Å². The minimum absolute atomic E-state index is 0.306. The van der Waals surface area contributed by atoms with Crippen molar-refractivity contribution in [3.63, 3.8) is 0 Å². The molecule has 0 saturated heterocycles. The van der Waals surface area contributed by atoms with Gasteiger partial charge in [0, 0.05) is 23.5 Å². The van der Waals surface area contributed by atoms with Gasteiger partial charge in [-0.05, 0) is 19.4 Å². The first-order chi connectivity index (χ1) is 10.7. The molecule has 0 aliphatic carbocycles. The van der Waals surface area contributed by atoms with Gasteiger partial charge in [0.25, 0.3) is 0 Å². The highest BCUT2D eigenvalue weighted by atomic mass is 32.1. The largest absolute Gasteiger partial charge is 0.478 e. The second kappa shape index (κ2) is 6.51. The van der Waals surface area contributed by atoms with Crippen LogP contribution in [-0.4, -0.2) is 35.7 Å². The topological polar surface area (TPSA) is 102 Å². The molecular weight excluding hydrogens is 322 g/mol. The number of hydrogen-bond acceptors (Lipinski definition) is 6. The lowest BCUT2D eigenvalue weighted by Crippen LogP contribution is -2.32. The number of anilines is 1. The summed E-state index contributed by atoms with van der Waals surface area (Å²) in [7, 11) is 1.27. The SMILES string of the molecule is COC(=O)c1c(NC(=O)/C=C/C(=O)O)sc2c1CC(C)(C)OC2. The molecule has 7 nitrogen and oxygen atoms in total. The van der Waals surface area contributed by atoms with E-state index in [1.54, 1.807) is 0 Å². The number of fused-ring (bicyclic) bond motifs is 1. The van der Waals surface area contributed by atoms with Gasteiger partial charge in [0.05, 0.1) is 24.9 Å². The quantitative estimate of drug-likeness (QED) is 0.642. The Balaban J connectivity index is 2.37. The number of amides is 1. The van der Waals surface area contributed by atoms with Gasteiger partial charge < -0.3 is 19.9 Å². The molecule has 0 atom stereocenters. The van der Waals surface area contributed by atoms with E-state index >= 15 is 0 Å². The van der Waals surface area contributed by atoms with E-state index in [-0.39, 0.29) is 0 Å². The second-order valence-corrected chi connectivity index (χ2v) is 6.69. The number of hydrogen-bond donors (Lipinski definition) is 2. The molecule has 0 fully saturated rings. The molecule has 124 valence electrons. The normalized spacial score (nSPS) is 16.0. The van der Waals surface area contributed by atoms with Crippen molar-refractivity contribution in [1.82, 2.24) is 0 Å². The van der Waals surface area contributed by atoms with Gasteiger partial charge in [0.1, 0.15) is 5.00 Å². The van der Waals surface area contributed by atoms with Crippen LogP contribution in [0.25, 0.3) is 0 Å². The first-order valence-corrected chi connectivity index (χ1v) is 7.64. The van der Waals surface area contributed by atoms with E-state index in [2.05, 4.69) is 5.32 Å². The van der Waals surface area contributed by atoms with Crippen LogP contribution in [0.4, 0.5) is 5.00 Å². The summed E-state index contributed by atoms with van der Waals surface area (Å²) in [6, 6.07) is 0. The summed E-state index contributed by atoms with van der Waals surface area (Å²) in [4.78, 5) is 35.2. The summed E-state index contributed by atoms with van der Waals surface area (Å²) in [6.07, 6.45) is 2.14. The van der Waals surface area contributed by atoms with Gasteiger partial charge in [-0.2, -0.15) is 0 Å². The molecule has 8 heteroatoms. The molecule has 1 aromatic heterocycles. The van der Waals surface area contributed by atoms with Crippen molar-refractivity contribution < 1.29 is 29.0 Å². The minimum Gasteiger partial charge on any atom is -0.478 e. The molecule has 0 saturated carbocycles. The molecule has 0 unspecified atom stereocenters. The fourth-order valence-electron chi connectivity index (χ4n) is 2.26. The summed E-state index contributed by atoms with van der Waals surface area (Å²) < 4.78 is 10.5. The Morgan fingerprint density at radius 1 is 1.35 bits per heavy atom. The maximum Gasteiger partial charge on any atom is 0.341 e. The van der Waals surface area contributed by atoms with Crippen molar-refractivity contribution in [3.8, 4) is 0 Å². The third-order valence-corrected chi connectivity index (χ3v) is 4.41. The Bertz CT molecular complexity index is 688. The predicted octanol–water partition coefficient (Wildman–Crippen LogP) is 1.97. The number of carboxylic acid groups (broad SMARTS) is 1. The van der Waals surface area contributed by atoms with E-state index in [1.807, 2.05) is 13.8 Å². The Morgan fingerprint density at radius 3 is 2.65 bits per heavy atom. The third kappa shape index (κ3) is 3.96. The number of carbonyl (C=O) groups is 3. The van der Waals surface area contributed by atoms with Crippen LogP contribution in [0.15, 0.2) is 12.2 Å². The highest BCUT2D eigenvalue weighted by Gasteiger charge is 2.34. The number of thiophene rings is 1. The Kier molecular flexibility index (Phi) is 4.86. The van der Waals surface area contributed by atoms with Gasteiger partial charge in [-0.15, -0.1) is 11.3 Å². The minimum atomic E-state index is -1.23. The zero-order chi connectivity index (χ0) is 17.2. The Hall–Kier alpha value is -2.19. The fourth-order valence-corrected chi connectivity index (χ4v) is 3.38. The van der Waals surface area contributed by atoms with E-state index < -0.39 is 23.4 Å². The number of ether oxygens (including phenoxy) is 2. The molecule has 1 aromatic rings. The lowest BCUT2D eigenvalue weighted by Gasteiger charge is -2.30. The van der Waals surface area contributed by atoms with Gasteiger partial charge in [0.2, 0.25) is 5.91 Å².